The van der Waals surface area contributed by atoms with E-state index in [2.05, 4.69) is 23.7 Å². The Bertz CT molecular complexity index is 649. The maximum Gasteiger partial charge on any atom is 0.144 e. The van der Waals surface area contributed by atoms with Gasteiger partial charge in [-0.1, -0.05) is 84.3 Å². The first kappa shape index (κ1) is 14.4. The van der Waals surface area contributed by atoms with Gasteiger partial charge in [0.25, 0.3) is 0 Å². The molecule has 22 heavy (non-hydrogen) atoms. The van der Waals surface area contributed by atoms with Crippen LogP contribution in [0.4, 0.5) is 0 Å². The Hall–Kier alpha value is -2.52. The minimum absolute atomic E-state index is 0.257. The summed E-state index contributed by atoms with van der Waals surface area (Å²) in [4.78, 5) is 0. The molecule has 1 heterocycles. The Balaban J connectivity index is 1.74. The Morgan fingerprint density at radius 3 is 1.45 bits per heavy atom. The molecule has 2 heteroatoms. The first-order chi connectivity index (χ1) is 10.9. The van der Waals surface area contributed by atoms with Crippen molar-refractivity contribution in [2.75, 3.05) is 13.2 Å². The summed E-state index contributed by atoms with van der Waals surface area (Å²) in [7, 11) is 0. The molecule has 0 bridgehead atoms. The fraction of sp³-hybridized carbons (Fsp3) is 0.200. The zero-order valence-corrected chi connectivity index (χ0v) is 12.2. The highest BCUT2D eigenvalue weighted by atomic mass is 16.5. The summed E-state index contributed by atoms with van der Waals surface area (Å²) in [6.07, 6.45) is -0.514. The fourth-order valence-corrected chi connectivity index (χ4v) is 2.22. The highest BCUT2D eigenvalue weighted by Gasteiger charge is 2.10. The Morgan fingerprint density at radius 2 is 1.05 bits per heavy atom. The van der Waals surface area contributed by atoms with E-state index < -0.39 is 0 Å². The average Bonchev–Trinajstić information content (AvgIpc) is 2.60. The van der Waals surface area contributed by atoms with Crippen LogP contribution in [-0.2, 0) is 9.47 Å². The highest BCUT2D eigenvalue weighted by molar-refractivity contribution is 5.28. The summed E-state index contributed by atoms with van der Waals surface area (Å²) in [6.45, 7) is 0.669. The maximum absolute atomic E-state index is 5.79. The molecule has 2 nitrogen and oxygen atoms in total. The molecular formula is C20H16O2. The van der Waals surface area contributed by atoms with Crippen LogP contribution < -0.4 is 0 Å². The lowest BCUT2D eigenvalue weighted by Crippen LogP contribution is -2.07. The van der Waals surface area contributed by atoms with Crippen LogP contribution in [0.25, 0.3) is 0 Å². The first-order valence-corrected chi connectivity index (χ1v) is 7.23. The molecule has 0 aliphatic carbocycles. The van der Waals surface area contributed by atoms with Crippen molar-refractivity contribution >= 4 is 0 Å². The summed E-state index contributed by atoms with van der Waals surface area (Å²) < 4.78 is 11.6. The van der Waals surface area contributed by atoms with E-state index >= 15 is 0 Å². The number of hydrogen-bond acceptors (Lipinski definition) is 2. The SMILES string of the molecule is C1#CC(c2ccccc2)OCC#CC(c2ccccc2)OC1. The van der Waals surface area contributed by atoms with Crippen LogP contribution in [0.2, 0.25) is 0 Å². The van der Waals surface area contributed by atoms with Gasteiger partial charge in [0.1, 0.15) is 25.4 Å². The standard InChI is InChI=1S/C20H16O2/c1-3-9-17(10-4-1)19-13-7-16-22-20(14-8-15-21-19)18-11-5-2-6-12-18/h1-6,9-12,19-20H,15-16H2. The monoisotopic (exact) mass is 288 g/mol. The summed E-state index contributed by atoms with van der Waals surface area (Å²) >= 11 is 0. The predicted molar refractivity (Wildman–Crippen MR) is 85.8 cm³/mol. The molecule has 2 aromatic carbocycles. The van der Waals surface area contributed by atoms with Crippen LogP contribution in [0.3, 0.4) is 0 Å². The van der Waals surface area contributed by atoms with E-state index in [9.17, 15) is 0 Å². The van der Waals surface area contributed by atoms with Crippen LogP contribution in [0.5, 0.6) is 0 Å². The smallest absolute Gasteiger partial charge is 0.144 e. The van der Waals surface area contributed by atoms with Gasteiger partial charge in [0.05, 0.1) is 0 Å². The maximum atomic E-state index is 5.79. The average molecular weight is 288 g/mol. The molecule has 3 rings (SSSR count). The molecule has 0 spiro atoms. The van der Waals surface area contributed by atoms with Crippen molar-refractivity contribution in [1.82, 2.24) is 0 Å². The van der Waals surface area contributed by atoms with Crippen molar-refractivity contribution in [3.8, 4) is 23.7 Å². The van der Waals surface area contributed by atoms with Gasteiger partial charge in [-0.2, -0.15) is 0 Å². The molecule has 1 aliphatic rings. The van der Waals surface area contributed by atoms with Crippen molar-refractivity contribution in [2.24, 2.45) is 0 Å². The predicted octanol–water partition coefficient (Wildman–Crippen LogP) is 3.52. The Labute approximate surface area is 131 Å². The molecule has 2 atom stereocenters. The van der Waals surface area contributed by atoms with Gasteiger partial charge in [-0.3, -0.25) is 0 Å². The van der Waals surface area contributed by atoms with E-state index in [0.29, 0.717) is 13.2 Å². The quantitative estimate of drug-likeness (QED) is 0.787. The van der Waals surface area contributed by atoms with Crippen LogP contribution in [0, 0.1) is 23.7 Å². The topological polar surface area (TPSA) is 18.5 Å². The summed E-state index contributed by atoms with van der Waals surface area (Å²) in [6, 6.07) is 19.9. The largest absolute Gasteiger partial charge is 0.348 e. The van der Waals surface area contributed by atoms with Gasteiger partial charge in [-0.05, 0) is 11.1 Å². The lowest BCUT2D eigenvalue weighted by molar-refractivity contribution is 0.109. The third kappa shape index (κ3) is 3.77. The van der Waals surface area contributed by atoms with Gasteiger partial charge in [0, 0.05) is 0 Å². The molecule has 108 valence electrons. The van der Waals surface area contributed by atoms with E-state index in [1.54, 1.807) is 0 Å². The number of hydrogen-bond donors (Lipinski definition) is 0. The van der Waals surface area contributed by atoms with Gasteiger partial charge in [0.2, 0.25) is 0 Å². The van der Waals surface area contributed by atoms with E-state index in [1.807, 2.05) is 60.7 Å². The Morgan fingerprint density at radius 1 is 0.636 bits per heavy atom. The van der Waals surface area contributed by atoms with E-state index in [-0.39, 0.29) is 12.2 Å². The summed E-state index contributed by atoms with van der Waals surface area (Å²) in [5, 5.41) is 0. The molecule has 0 amide bonds. The molecule has 0 radical (unpaired) electrons. The molecule has 2 unspecified atom stereocenters. The third-order valence-electron chi connectivity index (χ3n) is 3.32. The zero-order chi connectivity index (χ0) is 15.0. The van der Waals surface area contributed by atoms with Gasteiger partial charge >= 0.3 is 0 Å². The molecular weight excluding hydrogens is 272 g/mol. The summed E-state index contributed by atoms with van der Waals surface area (Å²) in [5.41, 5.74) is 2.08. The lowest BCUT2D eigenvalue weighted by Gasteiger charge is -2.13. The molecule has 0 fully saturated rings. The Kier molecular flexibility index (Phi) is 4.90. The number of rotatable bonds is 2. The lowest BCUT2D eigenvalue weighted by atomic mass is 10.1. The normalized spacial score (nSPS) is 20.9. The highest BCUT2D eigenvalue weighted by Crippen LogP contribution is 2.18. The number of ether oxygens (including phenoxy) is 2. The zero-order valence-electron chi connectivity index (χ0n) is 12.2. The molecule has 0 N–H and O–H groups in total. The van der Waals surface area contributed by atoms with Gasteiger partial charge < -0.3 is 9.47 Å². The van der Waals surface area contributed by atoms with Crippen LogP contribution in [0.1, 0.15) is 23.3 Å². The number of benzene rings is 2. The fourth-order valence-electron chi connectivity index (χ4n) is 2.22. The van der Waals surface area contributed by atoms with Crippen molar-refractivity contribution in [2.45, 2.75) is 12.2 Å². The van der Waals surface area contributed by atoms with Crippen LogP contribution in [0.15, 0.2) is 60.7 Å². The first-order valence-electron chi connectivity index (χ1n) is 7.23. The van der Waals surface area contributed by atoms with E-state index in [4.69, 9.17) is 9.47 Å². The van der Waals surface area contributed by atoms with Crippen LogP contribution in [-0.4, -0.2) is 13.2 Å². The second-order valence-corrected chi connectivity index (χ2v) is 4.85. The van der Waals surface area contributed by atoms with E-state index in [0.717, 1.165) is 11.1 Å². The molecule has 0 saturated heterocycles. The molecule has 2 aromatic rings. The van der Waals surface area contributed by atoms with Crippen molar-refractivity contribution in [1.29, 1.82) is 0 Å². The van der Waals surface area contributed by atoms with E-state index in [1.165, 1.54) is 0 Å². The minimum Gasteiger partial charge on any atom is -0.348 e. The van der Waals surface area contributed by atoms with Gasteiger partial charge in [-0.15, -0.1) is 0 Å². The molecule has 0 saturated carbocycles. The van der Waals surface area contributed by atoms with Gasteiger partial charge in [-0.25, -0.2) is 0 Å². The van der Waals surface area contributed by atoms with Crippen molar-refractivity contribution < 1.29 is 9.47 Å². The second kappa shape index (κ2) is 7.48. The molecule has 0 aromatic heterocycles. The summed E-state index contributed by atoms with van der Waals surface area (Å²) in [5.74, 6) is 12.3. The van der Waals surface area contributed by atoms with Crippen LogP contribution >= 0.6 is 0 Å². The van der Waals surface area contributed by atoms with Gasteiger partial charge in [0.15, 0.2) is 0 Å². The minimum atomic E-state index is -0.257. The van der Waals surface area contributed by atoms with Crippen molar-refractivity contribution in [3.63, 3.8) is 0 Å². The molecule has 1 aliphatic heterocycles. The second-order valence-electron chi connectivity index (χ2n) is 4.85. The third-order valence-corrected chi connectivity index (χ3v) is 3.32. The van der Waals surface area contributed by atoms with Crippen molar-refractivity contribution in [3.05, 3.63) is 71.8 Å².